The number of carbonyl (C=O) groups is 2. The van der Waals surface area contributed by atoms with Gasteiger partial charge in [0, 0.05) is 18.3 Å². The number of carbonyl (C=O) groups excluding carboxylic acids is 2. The van der Waals surface area contributed by atoms with Gasteiger partial charge in [0.2, 0.25) is 17.6 Å². The summed E-state index contributed by atoms with van der Waals surface area (Å²) in [5.41, 5.74) is 1.35. The minimum absolute atomic E-state index is 0.0202. The highest BCUT2D eigenvalue weighted by Gasteiger charge is 2.31. The summed E-state index contributed by atoms with van der Waals surface area (Å²) in [6.07, 6.45) is -4.55. The normalized spacial score (nSPS) is 11.3. The number of hydrogen-bond donors (Lipinski definition) is 1. The van der Waals surface area contributed by atoms with Crippen molar-refractivity contribution in [3.8, 4) is 6.07 Å². The number of aromatic nitrogens is 2. The summed E-state index contributed by atoms with van der Waals surface area (Å²) in [5, 5.41) is 16.0. The molecular formula is C24H18F3N5O2S. The maximum absolute atomic E-state index is 13.5. The zero-order valence-corrected chi connectivity index (χ0v) is 19.2. The van der Waals surface area contributed by atoms with Gasteiger partial charge in [0.25, 0.3) is 0 Å². The molecule has 7 nitrogen and oxygen atoms in total. The van der Waals surface area contributed by atoms with Crippen LogP contribution in [0.2, 0.25) is 0 Å². The summed E-state index contributed by atoms with van der Waals surface area (Å²) in [5.74, 6) is -0.781. The quantitative estimate of drug-likeness (QED) is 0.397. The maximum Gasteiger partial charge on any atom is 0.416 e. The number of benzene rings is 2. The average Bonchev–Trinajstić information content (AvgIpc) is 3.44. The van der Waals surface area contributed by atoms with Crippen molar-refractivity contribution < 1.29 is 22.8 Å². The number of rotatable bonds is 6. The molecule has 2 heterocycles. The molecule has 4 rings (SSSR count). The number of nitrogens with one attached hydrogen (secondary N) is 1. The van der Waals surface area contributed by atoms with Crippen LogP contribution >= 0.6 is 11.3 Å². The van der Waals surface area contributed by atoms with Gasteiger partial charge in [-0.25, -0.2) is 4.98 Å². The summed E-state index contributed by atoms with van der Waals surface area (Å²) in [6, 6.07) is 13.4. The number of anilines is 2. The molecule has 0 saturated heterocycles. The van der Waals surface area contributed by atoms with Crippen LogP contribution in [0.1, 0.15) is 23.9 Å². The topological polar surface area (TPSA) is 91.0 Å². The molecular weight excluding hydrogens is 479 g/mol. The Labute approximate surface area is 202 Å². The molecule has 0 spiro atoms. The van der Waals surface area contributed by atoms with Gasteiger partial charge in [-0.15, -0.1) is 0 Å². The monoisotopic (exact) mass is 497 g/mol. The molecule has 0 fully saturated rings. The molecule has 0 radical (unpaired) electrons. The van der Waals surface area contributed by atoms with Crippen LogP contribution in [-0.4, -0.2) is 21.4 Å². The van der Waals surface area contributed by atoms with Gasteiger partial charge < -0.3 is 14.8 Å². The molecule has 0 saturated carbocycles. The summed E-state index contributed by atoms with van der Waals surface area (Å²) >= 11 is 1.48. The summed E-state index contributed by atoms with van der Waals surface area (Å²) in [4.78, 5) is 30.3. The first-order valence-corrected chi connectivity index (χ1v) is 11.3. The van der Waals surface area contributed by atoms with Crippen molar-refractivity contribution >= 4 is 45.6 Å². The van der Waals surface area contributed by atoms with E-state index in [1.807, 2.05) is 22.9 Å². The molecule has 2 aromatic heterocycles. The number of fused-ring (bicyclic) bond motifs is 1. The third-order valence-electron chi connectivity index (χ3n) is 5.19. The predicted octanol–water partition coefficient (Wildman–Crippen LogP) is 5.18. The molecule has 11 heteroatoms. The summed E-state index contributed by atoms with van der Waals surface area (Å²) in [7, 11) is 0. The lowest BCUT2D eigenvalue weighted by Crippen LogP contribution is -2.33. The molecule has 4 aromatic rings. The molecule has 0 aliphatic heterocycles. The third-order valence-corrected chi connectivity index (χ3v) is 5.92. The van der Waals surface area contributed by atoms with E-state index < -0.39 is 11.7 Å². The lowest BCUT2D eigenvalue weighted by molar-refractivity contribution is -0.137. The first kappa shape index (κ1) is 24.0. The molecule has 35 heavy (non-hydrogen) atoms. The highest BCUT2D eigenvalue weighted by Crippen LogP contribution is 2.32. The molecule has 0 aliphatic carbocycles. The Kier molecular flexibility index (Phi) is 6.57. The van der Waals surface area contributed by atoms with Crippen LogP contribution in [0.3, 0.4) is 0 Å². The van der Waals surface area contributed by atoms with Gasteiger partial charge in [0.15, 0.2) is 0 Å². The largest absolute Gasteiger partial charge is 0.416 e. The van der Waals surface area contributed by atoms with Gasteiger partial charge in [-0.2, -0.15) is 29.8 Å². The molecule has 0 unspecified atom stereocenters. The number of thiophene rings is 1. The van der Waals surface area contributed by atoms with Gasteiger partial charge in [0.1, 0.15) is 12.6 Å². The third kappa shape index (κ3) is 5.33. The molecule has 2 amide bonds. The Morgan fingerprint density at radius 1 is 1.17 bits per heavy atom. The number of imidazole rings is 1. The van der Waals surface area contributed by atoms with Crippen LogP contribution < -0.4 is 10.2 Å². The number of nitriles is 1. The lowest BCUT2D eigenvalue weighted by Gasteiger charge is -2.23. The van der Waals surface area contributed by atoms with E-state index in [4.69, 9.17) is 0 Å². The predicted molar refractivity (Wildman–Crippen MR) is 126 cm³/mol. The molecule has 0 atom stereocenters. The molecule has 0 bridgehead atoms. The summed E-state index contributed by atoms with van der Waals surface area (Å²) < 4.78 is 40.6. The number of amides is 2. The minimum atomic E-state index is -4.55. The zero-order valence-electron chi connectivity index (χ0n) is 18.3. The van der Waals surface area contributed by atoms with E-state index in [1.165, 1.54) is 33.8 Å². The fraction of sp³-hybridized carbons (Fsp3) is 0.167. The Balaban J connectivity index is 1.68. The van der Waals surface area contributed by atoms with Crippen LogP contribution in [0.4, 0.5) is 24.5 Å². The van der Waals surface area contributed by atoms with Crippen LogP contribution in [0.5, 0.6) is 0 Å². The van der Waals surface area contributed by atoms with Crippen LogP contribution in [0.25, 0.3) is 11.0 Å². The van der Waals surface area contributed by atoms with Crippen molar-refractivity contribution in [1.82, 2.24) is 9.55 Å². The van der Waals surface area contributed by atoms with Crippen molar-refractivity contribution in [1.29, 1.82) is 5.26 Å². The zero-order chi connectivity index (χ0) is 25.2. The van der Waals surface area contributed by atoms with E-state index in [2.05, 4.69) is 10.3 Å². The van der Waals surface area contributed by atoms with Crippen molar-refractivity contribution in [3.05, 3.63) is 76.2 Å². The minimum Gasteiger partial charge on any atom is -0.326 e. The maximum atomic E-state index is 13.5. The van der Waals surface area contributed by atoms with E-state index >= 15 is 0 Å². The first-order chi connectivity index (χ1) is 16.7. The number of alkyl halides is 3. The van der Waals surface area contributed by atoms with Crippen LogP contribution in [-0.2, 0) is 28.9 Å². The van der Waals surface area contributed by atoms with Crippen LogP contribution in [0, 0.1) is 11.3 Å². The Morgan fingerprint density at radius 2 is 1.91 bits per heavy atom. The first-order valence-electron chi connectivity index (χ1n) is 10.3. The second kappa shape index (κ2) is 9.60. The van der Waals surface area contributed by atoms with Gasteiger partial charge in [0.05, 0.1) is 23.1 Å². The van der Waals surface area contributed by atoms with E-state index in [1.54, 1.807) is 24.3 Å². The molecule has 1 N–H and O–H groups in total. The van der Waals surface area contributed by atoms with Gasteiger partial charge in [-0.05, 0) is 64.9 Å². The number of hydrogen-bond acceptors (Lipinski definition) is 5. The van der Waals surface area contributed by atoms with Gasteiger partial charge in [-0.1, -0.05) is 0 Å². The molecule has 178 valence electrons. The van der Waals surface area contributed by atoms with Crippen molar-refractivity contribution in [3.63, 3.8) is 0 Å². The van der Waals surface area contributed by atoms with Crippen LogP contribution in [0.15, 0.2) is 59.3 Å². The smallest absolute Gasteiger partial charge is 0.326 e. The Morgan fingerprint density at radius 3 is 2.51 bits per heavy atom. The average molecular weight is 498 g/mol. The highest BCUT2D eigenvalue weighted by molar-refractivity contribution is 7.07. The van der Waals surface area contributed by atoms with Gasteiger partial charge >= 0.3 is 6.18 Å². The standard InChI is InChI=1S/C24H18F3N5O2S/c1-15(33)29-18-3-5-19(6-4-18)31(12-16-8-9-35-14-16)23(34)13-32-21-7-2-17(24(25,26)27)10-20(21)30-22(32)11-28/h2-10,14H,12-13H2,1H3,(H,29,33). The fourth-order valence-corrected chi connectivity index (χ4v) is 4.25. The second-order valence-corrected chi connectivity index (χ2v) is 8.45. The van der Waals surface area contributed by atoms with Crippen molar-refractivity contribution in [2.24, 2.45) is 0 Å². The fourth-order valence-electron chi connectivity index (χ4n) is 3.59. The molecule has 0 aliphatic rings. The number of nitrogens with zero attached hydrogens (tertiary/aromatic N) is 4. The van der Waals surface area contributed by atoms with E-state index in [9.17, 15) is 28.0 Å². The lowest BCUT2D eigenvalue weighted by atomic mass is 10.2. The van der Waals surface area contributed by atoms with Gasteiger partial charge in [-0.3, -0.25) is 9.59 Å². The van der Waals surface area contributed by atoms with E-state index in [0.717, 1.165) is 17.7 Å². The van der Waals surface area contributed by atoms with E-state index in [0.29, 0.717) is 11.4 Å². The summed E-state index contributed by atoms with van der Waals surface area (Å²) in [6.45, 7) is 1.33. The number of halogens is 3. The second-order valence-electron chi connectivity index (χ2n) is 7.67. The van der Waals surface area contributed by atoms with Crippen molar-refractivity contribution in [2.75, 3.05) is 10.2 Å². The highest BCUT2D eigenvalue weighted by atomic mass is 32.1. The van der Waals surface area contributed by atoms with Crippen molar-refractivity contribution in [2.45, 2.75) is 26.2 Å². The van der Waals surface area contributed by atoms with E-state index in [-0.39, 0.29) is 41.8 Å². The Hall–Kier alpha value is -4.17. The SMILES string of the molecule is CC(=O)Nc1ccc(N(Cc2ccsc2)C(=O)Cn2c(C#N)nc3cc(C(F)(F)F)ccc32)cc1. The Bertz CT molecular complexity index is 1420. The molecule has 2 aromatic carbocycles.